The average Bonchev–Trinajstić information content (AvgIpc) is 2.79. The number of anilines is 1. The third kappa shape index (κ3) is 3.84. The molecule has 5 heteroatoms. The molecule has 0 unspecified atom stereocenters. The van der Waals surface area contributed by atoms with Gasteiger partial charge in [-0.3, -0.25) is 4.90 Å². The zero-order valence-corrected chi connectivity index (χ0v) is 10.2. The lowest BCUT2D eigenvalue weighted by Crippen LogP contribution is -2.39. The Balaban J connectivity index is 1.84. The van der Waals surface area contributed by atoms with Crippen LogP contribution in [0, 0.1) is 0 Å². The minimum atomic E-state index is -2.82. The Kier molecular flexibility index (Phi) is 4.01. The van der Waals surface area contributed by atoms with Gasteiger partial charge in [-0.25, -0.2) is 8.78 Å². The summed E-state index contributed by atoms with van der Waals surface area (Å²) in [5.41, 5.74) is 6.06. The van der Waals surface area contributed by atoms with E-state index in [4.69, 9.17) is 10.5 Å². The normalized spacial score (nSPS) is 17.0. The van der Waals surface area contributed by atoms with E-state index in [1.807, 2.05) is 0 Å². The Morgan fingerprint density at radius 1 is 1.28 bits per heavy atom. The standard InChI is InChI=1S/C13H18F2N2O/c14-13(15,9-17-6-1-2-7-17)10-18-12-5-3-4-11(16)8-12/h3-5,8H,1-2,6-7,9-10,16H2. The molecule has 3 nitrogen and oxygen atoms in total. The number of nitrogens with two attached hydrogens (primary N) is 1. The number of nitrogens with zero attached hydrogens (tertiary/aromatic N) is 1. The lowest BCUT2D eigenvalue weighted by atomic mass is 10.3. The van der Waals surface area contributed by atoms with Gasteiger partial charge in [0.15, 0.2) is 6.61 Å². The highest BCUT2D eigenvalue weighted by Crippen LogP contribution is 2.22. The highest BCUT2D eigenvalue weighted by atomic mass is 19.3. The summed E-state index contributed by atoms with van der Waals surface area (Å²) < 4.78 is 32.4. The molecule has 0 atom stereocenters. The summed E-state index contributed by atoms with van der Waals surface area (Å²) in [5, 5.41) is 0. The maximum absolute atomic E-state index is 13.7. The van der Waals surface area contributed by atoms with E-state index in [0.29, 0.717) is 11.4 Å². The van der Waals surface area contributed by atoms with Crippen LogP contribution < -0.4 is 10.5 Å². The van der Waals surface area contributed by atoms with E-state index in [-0.39, 0.29) is 6.54 Å². The fourth-order valence-electron chi connectivity index (χ4n) is 2.11. The third-order valence-electron chi connectivity index (χ3n) is 2.96. The number of nitrogen functional groups attached to an aromatic ring is 1. The quantitative estimate of drug-likeness (QED) is 0.822. The van der Waals surface area contributed by atoms with Crippen LogP contribution in [0.1, 0.15) is 12.8 Å². The molecule has 1 aliphatic rings. The monoisotopic (exact) mass is 256 g/mol. The molecular formula is C13H18F2N2O. The number of halogens is 2. The molecule has 18 heavy (non-hydrogen) atoms. The summed E-state index contributed by atoms with van der Waals surface area (Å²) in [7, 11) is 0. The molecule has 0 aliphatic carbocycles. The molecule has 2 N–H and O–H groups in total. The van der Waals surface area contributed by atoms with E-state index in [9.17, 15) is 8.78 Å². The minimum Gasteiger partial charge on any atom is -0.487 e. The molecule has 1 aliphatic heterocycles. The van der Waals surface area contributed by atoms with Crippen LogP contribution in [0.3, 0.4) is 0 Å². The van der Waals surface area contributed by atoms with Gasteiger partial charge in [0.2, 0.25) is 0 Å². The van der Waals surface area contributed by atoms with Gasteiger partial charge in [-0.2, -0.15) is 0 Å². The lowest BCUT2D eigenvalue weighted by Gasteiger charge is -2.23. The molecule has 0 aromatic heterocycles. The molecule has 0 bridgehead atoms. The van der Waals surface area contributed by atoms with Crippen molar-refractivity contribution in [1.29, 1.82) is 0 Å². The van der Waals surface area contributed by atoms with Crippen LogP contribution in [0.15, 0.2) is 24.3 Å². The fourth-order valence-corrected chi connectivity index (χ4v) is 2.11. The second-order valence-electron chi connectivity index (χ2n) is 4.70. The van der Waals surface area contributed by atoms with E-state index in [2.05, 4.69) is 0 Å². The van der Waals surface area contributed by atoms with Crippen LogP contribution in [-0.2, 0) is 0 Å². The topological polar surface area (TPSA) is 38.5 Å². The largest absolute Gasteiger partial charge is 0.487 e. The smallest absolute Gasteiger partial charge is 0.293 e. The summed E-state index contributed by atoms with van der Waals surface area (Å²) in [5.74, 6) is -2.44. The van der Waals surface area contributed by atoms with Gasteiger partial charge in [-0.15, -0.1) is 0 Å². The number of alkyl halides is 2. The number of rotatable bonds is 5. The summed E-state index contributed by atoms with van der Waals surface area (Å²) >= 11 is 0. The predicted octanol–water partition coefficient (Wildman–Crippen LogP) is 2.38. The predicted molar refractivity (Wildman–Crippen MR) is 67.0 cm³/mol. The Morgan fingerprint density at radius 3 is 2.67 bits per heavy atom. The molecule has 1 heterocycles. The van der Waals surface area contributed by atoms with Crippen LogP contribution in [-0.4, -0.2) is 37.1 Å². The van der Waals surface area contributed by atoms with E-state index in [0.717, 1.165) is 25.9 Å². The molecule has 1 aromatic rings. The first kappa shape index (κ1) is 13.1. The molecular weight excluding hydrogens is 238 g/mol. The number of ether oxygens (including phenoxy) is 1. The fraction of sp³-hybridized carbons (Fsp3) is 0.538. The molecule has 1 fully saturated rings. The molecule has 0 saturated carbocycles. The van der Waals surface area contributed by atoms with Crippen molar-refractivity contribution in [1.82, 2.24) is 4.90 Å². The molecule has 0 spiro atoms. The highest BCUT2D eigenvalue weighted by Gasteiger charge is 2.33. The molecule has 100 valence electrons. The summed E-state index contributed by atoms with van der Waals surface area (Å²) in [6.45, 7) is 0.685. The Bertz CT molecular complexity index is 392. The number of likely N-dealkylation sites (tertiary alicyclic amines) is 1. The van der Waals surface area contributed by atoms with Gasteiger partial charge >= 0.3 is 0 Å². The highest BCUT2D eigenvalue weighted by molar-refractivity contribution is 5.43. The third-order valence-corrected chi connectivity index (χ3v) is 2.96. The minimum absolute atomic E-state index is 0.227. The van der Waals surface area contributed by atoms with E-state index < -0.39 is 12.5 Å². The maximum atomic E-state index is 13.7. The van der Waals surface area contributed by atoms with Crippen molar-refractivity contribution < 1.29 is 13.5 Å². The van der Waals surface area contributed by atoms with Gasteiger partial charge in [0, 0.05) is 11.8 Å². The van der Waals surface area contributed by atoms with Gasteiger partial charge in [-0.05, 0) is 38.1 Å². The van der Waals surface area contributed by atoms with Gasteiger partial charge in [-0.1, -0.05) is 6.07 Å². The SMILES string of the molecule is Nc1cccc(OCC(F)(F)CN2CCCC2)c1. The summed E-state index contributed by atoms with van der Waals surface area (Å²) in [6.07, 6.45) is 2.01. The Labute approximate surface area is 106 Å². The first-order chi connectivity index (χ1) is 8.55. The van der Waals surface area contributed by atoms with Gasteiger partial charge in [0.05, 0.1) is 6.54 Å². The van der Waals surface area contributed by atoms with E-state index in [1.54, 1.807) is 29.2 Å². The second kappa shape index (κ2) is 5.52. The van der Waals surface area contributed by atoms with Crippen molar-refractivity contribution in [3.8, 4) is 5.75 Å². The van der Waals surface area contributed by atoms with E-state index in [1.165, 1.54) is 0 Å². The first-order valence-electron chi connectivity index (χ1n) is 6.14. The first-order valence-corrected chi connectivity index (χ1v) is 6.14. The summed E-state index contributed by atoms with van der Waals surface area (Å²) in [6, 6.07) is 6.55. The van der Waals surface area contributed by atoms with Crippen LogP contribution in [0.5, 0.6) is 5.75 Å². The van der Waals surface area contributed by atoms with Crippen LogP contribution in [0.2, 0.25) is 0 Å². The van der Waals surface area contributed by atoms with Crippen molar-refractivity contribution in [3.05, 3.63) is 24.3 Å². The van der Waals surface area contributed by atoms with Gasteiger partial charge < -0.3 is 10.5 Å². The van der Waals surface area contributed by atoms with Gasteiger partial charge in [0.25, 0.3) is 5.92 Å². The van der Waals surface area contributed by atoms with Gasteiger partial charge in [0.1, 0.15) is 5.75 Å². The zero-order valence-electron chi connectivity index (χ0n) is 10.2. The van der Waals surface area contributed by atoms with E-state index >= 15 is 0 Å². The molecule has 1 aromatic carbocycles. The molecule has 2 rings (SSSR count). The number of hydrogen-bond donors (Lipinski definition) is 1. The lowest BCUT2D eigenvalue weighted by molar-refractivity contribution is -0.0615. The van der Waals surface area contributed by atoms with Crippen molar-refractivity contribution in [2.75, 3.05) is 32.0 Å². The molecule has 0 amide bonds. The summed E-state index contributed by atoms with van der Waals surface area (Å²) in [4.78, 5) is 1.78. The van der Waals surface area contributed by atoms with Crippen molar-refractivity contribution in [2.45, 2.75) is 18.8 Å². The molecule has 1 saturated heterocycles. The Hall–Kier alpha value is -1.36. The maximum Gasteiger partial charge on any atom is 0.293 e. The average molecular weight is 256 g/mol. The Morgan fingerprint density at radius 2 is 2.00 bits per heavy atom. The van der Waals surface area contributed by atoms with Crippen molar-refractivity contribution in [3.63, 3.8) is 0 Å². The van der Waals surface area contributed by atoms with Crippen LogP contribution >= 0.6 is 0 Å². The second-order valence-corrected chi connectivity index (χ2v) is 4.70. The van der Waals surface area contributed by atoms with Crippen LogP contribution in [0.25, 0.3) is 0 Å². The number of hydrogen-bond acceptors (Lipinski definition) is 3. The van der Waals surface area contributed by atoms with Crippen LogP contribution in [0.4, 0.5) is 14.5 Å². The van der Waals surface area contributed by atoms with Crippen molar-refractivity contribution in [2.24, 2.45) is 0 Å². The zero-order chi connectivity index (χ0) is 13.0. The molecule has 0 radical (unpaired) electrons. The van der Waals surface area contributed by atoms with Crippen molar-refractivity contribution >= 4 is 5.69 Å². The number of benzene rings is 1.